The lowest BCUT2D eigenvalue weighted by atomic mass is 10.1. The van der Waals surface area contributed by atoms with E-state index in [-0.39, 0.29) is 12.1 Å². The first kappa shape index (κ1) is 23.3. The van der Waals surface area contributed by atoms with Crippen molar-refractivity contribution in [1.82, 2.24) is 20.6 Å². The minimum Gasteiger partial charge on any atom is -0.497 e. The number of hydrogen-bond donors (Lipinski definition) is 3. The summed E-state index contributed by atoms with van der Waals surface area (Å²) in [7, 11) is 1.64. The van der Waals surface area contributed by atoms with Crippen molar-refractivity contribution in [3.8, 4) is 5.75 Å². The fourth-order valence-corrected chi connectivity index (χ4v) is 3.82. The number of hydrogen-bond acceptors (Lipinski definition) is 4. The number of amides is 2. The summed E-state index contributed by atoms with van der Waals surface area (Å²) in [5.74, 6) is 1.50. The zero-order valence-electron chi connectivity index (χ0n) is 19.5. The Morgan fingerprint density at radius 3 is 2.47 bits per heavy atom. The van der Waals surface area contributed by atoms with Crippen molar-refractivity contribution >= 4 is 17.1 Å². The molecule has 0 radical (unpaired) electrons. The highest BCUT2D eigenvalue weighted by Crippen LogP contribution is 2.21. The highest BCUT2D eigenvalue weighted by molar-refractivity contribution is 5.76. The number of nitrogens with zero attached hydrogens (tertiary/aromatic N) is 1. The lowest BCUT2D eigenvalue weighted by molar-refractivity contribution is 0.133. The average Bonchev–Trinajstić information content (AvgIpc) is 3.31. The molecule has 176 valence electrons. The Balaban J connectivity index is 1.49. The van der Waals surface area contributed by atoms with E-state index in [1.54, 1.807) is 7.11 Å². The Bertz CT molecular complexity index is 1190. The van der Waals surface area contributed by atoms with Gasteiger partial charge in [0.1, 0.15) is 11.6 Å². The lowest BCUT2D eigenvalue weighted by Gasteiger charge is -2.18. The van der Waals surface area contributed by atoms with Gasteiger partial charge in [0.25, 0.3) is 0 Å². The number of aromatic nitrogens is 2. The van der Waals surface area contributed by atoms with Crippen molar-refractivity contribution in [3.63, 3.8) is 0 Å². The quantitative estimate of drug-likeness (QED) is 0.316. The van der Waals surface area contributed by atoms with Crippen molar-refractivity contribution < 1.29 is 14.3 Å². The highest BCUT2D eigenvalue weighted by Gasteiger charge is 2.19. The lowest BCUT2D eigenvalue weighted by Crippen LogP contribution is -2.39. The normalized spacial score (nSPS) is 11.8. The molecule has 2 amide bonds. The smallest absolute Gasteiger partial charge is 0.315 e. The molecule has 4 aromatic rings. The molecule has 0 bridgehead atoms. The van der Waals surface area contributed by atoms with Crippen LogP contribution in [0.5, 0.6) is 5.75 Å². The van der Waals surface area contributed by atoms with Gasteiger partial charge in [0.15, 0.2) is 0 Å². The third-order valence-electron chi connectivity index (χ3n) is 5.66. The van der Waals surface area contributed by atoms with Crippen LogP contribution in [0.15, 0.2) is 72.8 Å². The summed E-state index contributed by atoms with van der Waals surface area (Å²) >= 11 is 0. The summed E-state index contributed by atoms with van der Waals surface area (Å²) in [6.45, 7) is 3.54. The van der Waals surface area contributed by atoms with E-state index in [4.69, 9.17) is 14.5 Å². The molecular weight excluding hydrogens is 428 g/mol. The van der Waals surface area contributed by atoms with Gasteiger partial charge in [0.05, 0.1) is 30.8 Å². The number of carbonyl (C=O) groups excluding carboxylic acids is 1. The third-order valence-corrected chi connectivity index (χ3v) is 5.66. The Kier molecular flexibility index (Phi) is 7.78. The molecule has 3 aromatic carbocycles. The van der Waals surface area contributed by atoms with Crippen molar-refractivity contribution in [2.75, 3.05) is 13.7 Å². The third kappa shape index (κ3) is 5.94. The Hall–Kier alpha value is -3.84. The second kappa shape index (κ2) is 11.3. The van der Waals surface area contributed by atoms with Gasteiger partial charge >= 0.3 is 6.03 Å². The number of imidazole rings is 1. The molecule has 0 saturated carbocycles. The number of benzene rings is 3. The van der Waals surface area contributed by atoms with Crippen molar-refractivity contribution in [1.29, 1.82) is 0 Å². The number of carbonyl (C=O) groups is 1. The molecule has 0 saturated heterocycles. The van der Waals surface area contributed by atoms with Crippen LogP contribution in [0.3, 0.4) is 0 Å². The first-order chi connectivity index (χ1) is 16.7. The fourth-order valence-electron chi connectivity index (χ4n) is 3.82. The van der Waals surface area contributed by atoms with Gasteiger partial charge in [-0.25, -0.2) is 9.78 Å². The van der Waals surface area contributed by atoms with Gasteiger partial charge in [-0.05, 0) is 54.3 Å². The van der Waals surface area contributed by atoms with Gasteiger partial charge in [-0.3, -0.25) is 0 Å². The number of nitrogens with one attached hydrogen (secondary N) is 3. The number of H-pyrrole nitrogens is 1. The van der Waals surface area contributed by atoms with E-state index in [2.05, 4.69) is 15.6 Å². The standard InChI is InChI=1S/C27H30N4O3/c1-3-34-18-21-9-5-4-8-20(21)17-28-27(32)31-25(16-19-12-14-22(33-2)15-13-19)26-29-23-10-6-7-11-24(23)30-26/h4-15,25H,3,16-18H2,1-2H3,(H,29,30)(H2,28,31,32). The molecular formula is C27H30N4O3. The first-order valence-corrected chi connectivity index (χ1v) is 11.4. The monoisotopic (exact) mass is 458 g/mol. The van der Waals surface area contributed by atoms with Crippen LogP contribution in [0.2, 0.25) is 0 Å². The number of aromatic amines is 1. The fraction of sp³-hybridized carbons (Fsp3) is 0.259. The van der Waals surface area contributed by atoms with Gasteiger partial charge < -0.3 is 25.1 Å². The summed E-state index contributed by atoms with van der Waals surface area (Å²) in [4.78, 5) is 21.0. The van der Waals surface area contributed by atoms with E-state index in [0.29, 0.717) is 32.0 Å². The second-order valence-electron chi connectivity index (χ2n) is 7.98. The highest BCUT2D eigenvalue weighted by atomic mass is 16.5. The van der Waals surface area contributed by atoms with Crippen LogP contribution in [0, 0.1) is 0 Å². The van der Waals surface area contributed by atoms with Crippen LogP contribution >= 0.6 is 0 Å². The summed E-state index contributed by atoms with van der Waals surface area (Å²) in [6, 6.07) is 23.0. The van der Waals surface area contributed by atoms with Gasteiger partial charge in [-0.2, -0.15) is 0 Å². The molecule has 1 atom stereocenters. The minimum absolute atomic E-state index is 0.259. The maximum absolute atomic E-state index is 12.9. The van der Waals surface area contributed by atoms with Crippen molar-refractivity contribution in [3.05, 3.63) is 95.3 Å². The van der Waals surface area contributed by atoms with Crippen molar-refractivity contribution in [2.24, 2.45) is 0 Å². The Labute approximate surface area is 199 Å². The molecule has 4 rings (SSSR count). The topological polar surface area (TPSA) is 88.3 Å². The molecule has 3 N–H and O–H groups in total. The summed E-state index contributed by atoms with van der Waals surface area (Å²) < 4.78 is 10.8. The number of fused-ring (bicyclic) bond motifs is 1. The molecule has 0 aliphatic rings. The molecule has 1 aromatic heterocycles. The number of methoxy groups -OCH3 is 1. The Morgan fingerprint density at radius 1 is 1.00 bits per heavy atom. The van der Waals surface area contributed by atoms with Gasteiger partial charge in [-0.1, -0.05) is 48.5 Å². The van der Waals surface area contributed by atoms with E-state index < -0.39 is 0 Å². The molecule has 0 spiro atoms. The number of ether oxygens (including phenoxy) is 2. The van der Waals surface area contributed by atoms with Gasteiger partial charge in [0.2, 0.25) is 0 Å². The predicted molar refractivity (Wildman–Crippen MR) is 133 cm³/mol. The van der Waals surface area contributed by atoms with E-state index >= 15 is 0 Å². The molecule has 0 aliphatic carbocycles. The largest absolute Gasteiger partial charge is 0.497 e. The van der Waals surface area contributed by atoms with Crippen LogP contribution in [0.25, 0.3) is 11.0 Å². The van der Waals surface area contributed by atoms with Gasteiger partial charge in [-0.15, -0.1) is 0 Å². The molecule has 1 unspecified atom stereocenters. The van der Waals surface area contributed by atoms with Crippen LogP contribution in [-0.2, 0) is 24.3 Å². The number of urea groups is 1. The number of rotatable bonds is 10. The predicted octanol–water partition coefficient (Wildman–Crippen LogP) is 4.89. The zero-order chi connectivity index (χ0) is 23.8. The zero-order valence-corrected chi connectivity index (χ0v) is 19.5. The second-order valence-corrected chi connectivity index (χ2v) is 7.98. The van der Waals surface area contributed by atoms with E-state index in [1.165, 1.54) is 0 Å². The molecule has 34 heavy (non-hydrogen) atoms. The summed E-state index contributed by atoms with van der Waals surface area (Å²) in [5.41, 5.74) is 4.96. The van der Waals surface area contributed by atoms with Crippen LogP contribution in [0.1, 0.15) is 35.5 Å². The van der Waals surface area contributed by atoms with E-state index in [0.717, 1.165) is 33.5 Å². The Morgan fingerprint density at radius 2 is 1.74 bits per heavy atom. The maximum atomic E-state index is 12.9. The molecule has 7 heteroatoms. The van der Waals surface area contributed by atoms with Crippen LogP contribution in [0.4, 0.5) is 4.79 Å². The van der Waals surface area contributed by atoms with Crippen molar-refractivity contribution in [2.45, 2.75) is 32.5 Å². The van der Waals surface area contributed by atoms with Gasteiger partial charge in [0, 0.05) is 13.2 Å². The molecule has 0 aliphatic heterocycles. The first-order valence-electron chi connectivity index (χ1n) is 11.4. The average molecular weight is 459 g/mol. The SMILES string of the molecule is CCOCc1ccccc1CNC(=O)NC(Cc1ccc(OC)cc1)c1nc2ccccc2[nH]1. The van der Waals surface area contributed by atoms with Crippen LogP contribution in [-0.4, -0.2) is 29.7 Å². The molecule has 0 fully saturated rings. The summed E-state index contributed by atoms with van der Waals surface area (Å²) in [6.07, 6.45) is 0.582. The van der Waals surface area contributed by atoms with Crippen LogP contribution < -0.4 is 15.4 Å². The molecule has 7 nitrogen and oxygen atoms in total. The maximum Gasteiger partial charge on any atom is 0.315 e. The van der Waals surface area contributed by atoms with E-state index in [1.807, 2.05) is 79.7 Å². The summed E-state index contributed by atoms with van der Waals surface area (Å²) in [5, 5.41) is 6.08. The molecule has 1 heterocycles. The minimum atomic E-state index is -0.334. The van der Waals surface area contributed by atoms with E-state index in [9.17, 15) is 4.79 Å². The number of para-hydroxylation sites is 2.